The molecule has 0 bridgehead atoms. The molecule has 152 valence electrons. The van der Waals surface area contributed by atoms with Gasteiger partial charge in [0.1, 0.15) is 11.6 Å². The van der Waals surface area contributed by atoms with Crippen LogP contribution < -0.4 is 0 Å². The van der Waals surface area contributed by atoms with Gasteiger partial charge in [0.2, 0.25) is 10.0 Å². The van der Waals surface area contributed by atoms with Crippen molar-refractivity contribution in [2.24, 2.45) is 0 Å². The number of aromatic nitrogens is 2. The Kier molecular flexibility index (Phi) is 5.44. The second-order valence-corrected chi connectivity index (χ2v) is 8.81. The molecule has 0 saturated carbocycles. The third kappa shape index (κ3) is 4.36. The average Bonchev–Trinajstić information content (AvgIpc) is 3.17. The van der Waals surface area contributed by atoms with Gasteiger partial charge >= 0.3 is 0 Å². The highest BCUT2D eigenvalue weighted by molar-refractivity contribution is 7.89. The number of hydrogen-bond acceptors (Lipinski definition) is 4. The zero-order valence-corrected chi connectivity index (χ0v) is 16.4. The fourth-order valence-electron chi connectivity index (χ4n) is 3.31. The van der Waals surface area contributed by atoms with Crippen molar-refractivity contribution in [3.05, 3.63) is 72.4 Å². The molecule has 0 amide bonds. The van der Waals surface area contributed by atoms with Crippen molar-refractivity contribution in [3.63, 3.8) is 0 Å². The molecule has 1 aliphatic rings. The Bertz CT molecular complexity index is 1090. The highest BCUT2D eigenvalue weighted by atomic mass is 32.2. The maximum atomic E-state index is 13.4. The summed E-state index contributed by atoms with van der Waals surface area (Å²) in [4.78, 5) is 2.07. The van der Waals surface area contributed by atoms with Crippen molar-refractivity contribution in [1.82, 2.24) is 19.0 Å². The van der Waals surface area contributed by atoms with Crippen LogP contribution in [0.2, 0.25) is 0 Å². The molecule has 6 nitrogen and oxygen atoms in total. The topological polar surface area (TPSA) is 58.4 Å². The van der Waals surface area contributed by atoms with Crippen molar-refractivity contribution < 1.29 is 17.2 Å². The minimum absolute atomic E-state index is 0.0260. The Morgan fingerprint density at radius 2 is 1.62 bits per heavy atom. The lowest BCUT2D eigenvalue weighted by molar-refractivity contribution is 0.146. The first kappa shape index (κ1) is 19.7. The lowest BCUT2D eigenvalue weighted by Crippen LogP contribution is -2.48. The van der Waals surface area contributed by atoms with E-state index in [1.807, 2.05) is 12.3 Å². The van der Waals surface area contributed by atoms with Crippen LogP contribution in [-0.4, -0.2) is 53.6 Å². The van der Waals surface area contributed by atoms with Crippen molar-refractivity contribution >= 4 is 10.0 Å². The van der Waals surface area contributed by atoms with Crippen molar-refractivity contribution in [2.45, 2.75) is 11.6 Å². The number of benzene rings is 2. The van der Waals surface area contributed by atoms with E-state index < -0.39 is 15.8 Å². The third-order valence-electron chi connectivity index (χ3n) is 4.89. The normalized spacial score (nSPS) is 16.2. The Hall–Kier alpha value is -2.62. The Morgan fingerprint density at radius 3 is 2.31 bits per heavy atom. The number of halogens is 2. The molecule has 4 rings (SSSR count). The molecule has 1 aromatic heterocycles. The highest BCUT2D eigenvalue weighted by Crippen LogP contribution is 2.20. The molecule has 0 aliphatic carbocycles. The minimum Gasteiger partial charge on any atom is -0.282 e. The smallest absolute Gasteiger partial charge is 0.243 e. The van der Waals surface area contributed by atoms with Crippen LogP contribution in [0.4, 0.5) is 8.78 Å². The van der Waals surface area contributed by atoms with Gasteiger partial charge in [0, 0.05) is 37.9 Å². The maximum absolute atomic E-state index is 13.4. The molecule has 2 heterocycles. The number of sulfonamides is 1. The van der Waals surface area contributed by atoms with Gasteiger partial charge in [-0.3, -0.25) is 9.58 Å². The Balaban J connectivity index is 1.37. The van der Waals surface area contributed by atoms with Crippen molar-refractivity contribution in [3.8, 4) is 11.3 Å². The van der Waals surface area contributed by atoms with E-state index in [1.54, 1.807) is 16.8 Å². The zero-order chi connectivity index (χ0) is 20.4. The molecule has 0 radical (unpaired) electrons. The summed E-state index contributed by atoms with van der Waals surface area (Å²) in [6.07, 6.45) is 1.84. The van der Waals surface area contributed by atoms with Gasteiger partial charge in [-0.15, -0.1) is 0 Å². The average molecular weight is 418 g/mol. The van der Waals surface area contributed by atoms with Gasteiger partial charge in [-0.25, -0.2) is 17.2 Å². The van der Waals surface area contributed by atoms with Gasteiger partial charge in [0.15, 0.2) is 0 Å². The first-order valence-corrected chi connectivity index (χ1v) is 10.6. The first-order chi connectivity index (χ1) is 13.9. The van der Waals surface area contributed by atoms with Crippen LogP contribution in [-0.2, 0) is 16.7 Å². The monoisotopic (exact) mass is 418 g/mol. The fourth-order valence-corrected chi connectivity index (χ4v) is 4.76. The highest BCUT2D eigenvalue weighted by Gasteiger charge is 2.28. The zero-order valence-electron chi connectivity index (χ0n) is 15.6. The molecular formula is C20H20F2N4O2S. The molecule has 0 unspecified atom stereocenters. The van der Waals surface area contributed by atoms with Crippen molar-refractivity contribution in [2.75, 3.05) is 26.2 Å². The Labute approximate surface area is 168 Å². The molecule has 2 aromatic carbocycles. The van der Waals surface area contributed by atoms with Gasteiger partial charge in [-0.05, 0) is 48.5 Å². The summed E-state index contributed by atoms with van der Waals surface area (Å²) < 4.78 is 55.0. The summed E-state index contributed by atoms with van der Waals surface area (Å²) in [7, 11) is -3.70. The summed E-state index contributed by atoms with van der Waals surface area (Å²) in [5, 5.41) is 4.51. The molecule has 0 N–H and O–H groups in total. The largest absolute Gasteiger partial charge is 0.282 e. The molecule has 3 aromatic rings. The molecule has 0 spiro atoms. The third-order valence-corrected chi connectivity index (χ3v) is 6.79. The van der Waals surface area contributed by atoms with E-state index in [4.69, 9.17) is 0 Å². The number of hydrogen-bond donors (Lipinski definition) is 0. The predicted octanol–water partition coefficient (Wildman–Crippen LogP) is 2.79. The van der Waals surface area contributed by atoms with E-state index in [-0.39, 0.29) is 10.7 Å². The van der Waals surface area contributed by atoms with E-state index >= 15 is 0 Å². The van der Waals surface area contributed by atoms with Crippen LogP contribution in [0.15, 0.2) is 65.7 Å². The molecule has 1 saturated heterocycles. The summed E-state index contributed by atoms with van der Waals surface area (Å²) in [5.74, 6) is -0.861. The molecule has 1 fully saturated rings. The summed E-state index contributed by atoms with van der Waals surface area (Å²) in [5.41, 5.74) is 1.58. The summed E-state index contributed by atoms with van der Waals surface area (Å²) in [6, 6.07) is 13.1. The van der Waals surface area contributed by atoms with E-state index in [2.05, 4.69) is 10.00 Å². The van der Waals surface area contributed by atoms with Crippen LogP contribution >= 0.6 is 0 Å². The van der Waals surface area contributed by atoms with Gasteiger partial charge in [0.25, 0.3) is 0 Å². The standard InChI is InChI=1S/C20H20F2N4O2S/c21-17-6-4-16(5-7-17)20-8-9-25(23-20)15-24-10-12-26(13-11-24)29(27,28)19-3-1-2-18(22)14-19/h1-9,14H,10-13,15H2. The lowest BCUT2D eigenvalue weighted by atomic mass is 10.1. The lowest BCUT2D eigenvalue weighted by Gasteiger charge is -2.33. The van der Waals surface area contributed by atoms with Crippen molar-refractivity contribution in [1.29, 1.82) is 0 Å². The van der Waals surface area contributed by atoms with Crippen LogP contribution in [0, 0.1) is 11.6 Å². The van der Waals surface area contributed by atoms with E-state index in [1.165, 1.54) is 34.6 Å². The number of rotatable bonds is 5. The molecule has 0 atom stereocenters. The summed E-state index contributed by atoms with van der Waals surface area (Å²) >= 11 is 0. The second-order valence-electron chi connectivity index (χ2n) is 6.87. The van der Waals surface area contributed by atoms with Crippen LogP contribution in [0.1, 0.15) is 0 Å². The molecular weight excluding hydrogens is 398 g/mol. The van der Waals surface area contributed by atoms with E-state index in [0.717, 1.165) is 17.3 Å². The first-order valence-electron chi connectivity index (χ1n) is 9.19. The predicted molar refractivity (Wildman–Crippen MR) is 104 cm³/mol. The van der Waals surface area contributed by atoms with Gasteiger partial charge in [0.05, 0.1) is 17.3 Å². The molecule has 29 heavy (non-hydrogen) atoms. The fraction of sp³-hybridized carbons (Fsp3) is 0.250. The maximum Gasteiger partial charge on any atom is 0.243 e. The van der Waals surface area contributed by atoms with Crippen LogP contribution in [0.3, 0.4) is 0 Å². The van der Waals surface area contributed by atoms with Gasteiger partial charge < -0.3 is 0 Å². The quantitative estimate of drug-likeness (QED) is 0.639. The minimum atomic E-state index is -3.70. The van der Waals surface area contributed by atoms with Gasteiger partial charge in [-0.1, -0.05) is 6.07 Å². The Morgan fingerprint density at radius 1 is 0.897 bits per heavy atom. The molecule has 9 heteroatoms. The SMILES string of the molecule is O=S(=O)(c1cccc(F)c1)N1CCN(Cn2ccc(-c3ccc(F)cc3)n2)CC1. The van der Waals surface area contributed by atoms with Crippen LogP contribution in [0.5, 0.6) is 0 Å². The van der Waals surface area contributed by atoms with Crippen LogP contribution in [0.25, 0.3) is 11.3 Å². The summed E-state index contributed by atoms with van der Waals surface area (Å²) in [6.45, 7) is 2.26. The van der Waals surface area contributed by atoms with Gasteiger partial charge in [-0.2, -0.15) is 9.40 Å². The molecule has 1 aliphatic heterocycles. The van der Waals surface area contributed by atoms with E-state index in [9.17, 15) is 17.2 Å². The van der Waals surface area contributed by atoms with E-state index in [0.29, 0.717) is 32.8 Å². The number of piperazine rings is 1. The number of nitrogens with zero attached hydrogens (tertiary/aromatic N) is 4. The second kappa shape index (κ2) is 8.02.